The number of benzene rings is 1. The van der Waals surface area contributed by atoms with Gasteiger partial charge in [0.15, 0.2) is 11.1 Å². The van der Waals surface area contributed by atoms with Crippen LogP contribution < -0.4 is 16.4 Å². The molecule has 29 heavy (non-hydrogen) atoms. The standard InChI is InChI=1S/C20H15N7O2/c21-9-11-2-1-3-12(6-11)15-8-17(23-14-4-5-14)27-18(24-15)13(10-22-27)7-16-19(28)26-20(29)25-16/h1-3,6-8,10,14,28H,4-5H2,(H2,25,26,29). The lowest BCUT2D eigenvalue weighted by molar-refractivity contribution is 0.454. The highest BCUT2D eigenvalue weighted by Gasteiger charge is 2.20. The van der Waals surface area contributed by atoms with Gasteiger partial charge >= 0.3 is 5.69 Å². The first-order valence-electron chi connectivity index (χ1n) is 9.07. The molecule has 1 saturated carbocycles. The van der Waals surface area contributed by atoms with Crippen LogP contribution in [0.15, 0.2) is 46.3 Å². The van der Waals surface area contributed by atoms with Crippen molar-refractivity contribution >= 4 is 11.7 Å². The second kappa shape index (κ2) is 6.45. The third-order valence-electron chi connectivity index (χ3n) is 4.66. The molecule has 9 nitrogen and oxygen atoms in total. The fourth-order valence-electron chi connectivity index (χ4n) is 3.09. The number of nitriles is 1. The fraction of sp³-hybridized carbons (Fsp3) is 0.150. The maximum absolute atomic E-state index is 11.4. The summed E-state index contributed by atoms with van der Waals surface area (Å²) in [6.45, 7) is 0. The summed E-state index contributed by atoms with van der Waals surface area (Å²) in [5.41, 5.74) is 2.94. The van der Waals surface area contributed by atoms with Gasteiger partial charge in [-0.3, -0.25) is 9.98 Å². The molecule has 0 aliphatic heterocycles. The quantitative estimate of drug-likeness (QED) is 0.475. The molecule has 0 saturated heterocycles. The Balaban J connectivity index is 1.78. The second-order valence-corrected chi connectivity index (χ2v) is 6.87. The summed E-state index contributed by atoms with van der Waals surface area (Å²) < 4.78 is 1.64. The van der Waals surface area contributed by atoms with Gasteiger partial charge in [0, 0.05) is 16.8 Å². The summed E-state index contributed by atoms with van der Waals surface area (Å²) in [7, 11) is 0. The smallest absolute Gasteiger partial charge is 0.326 e. The number of nitrogens with zero attached hydrogens (tertiary/aromatic N) is 5. The normalized spacial score (nSPS) is 15.1. The first-order valence-corrected chi connectivity index (χ1v) is 9.07. The van der Waals surface area contributed by atoms with Crippen molar-refractivity contribution in [2.45, 2.75) is 18.9 Å². The minimum absolute atomic E-state index is 0.240. The van der Waals surface area contributed by atoms with Crippen LogP contribution in [0.5, 0.6) is 5.88 Å². The molecule has 5 rings (SSSR count). The first-order chi connectivity index (χ1) is 14.1. The molecule has 1 aliphatic carbocycles. The van der Waals surface area contributed by atoms with Crippen molar-refractivity contribution < 1.29 is 5.11 Å². The van der Waals surface area contributed by atoms with Crippen molar-refractivity contribution in [2.75, 3.05) is 0 Å². The topological polar surface area (TPSA) is 135 Å². The van der Waals surface area contributed by atoms with Crippen molar-refractivity contribution in [3.8, 4) is 23.2 Å². The molecule has 9 heteroatoms. The molecule has 4 aromatic rings. The lowest BCUT2D eigenvalue weighted by Crippen LogP contribution is -2.19. The number of fused-ring (bicyclic) bond motifs is 1. The van der Waals surface area contributed by atoms with Crippen LogP contribution in [-0.4, -0.2) is 35.7 Å². The van der Waals surface area contributed by atoms with Gasteiger partial charge in [0.05, 0.1) is 29.6 Å². The average Bonchev–Trinajstić information content (AvgIpc) is 3.36. The second-order valence-electron chi connectivity index (χ2n) is 6.87. The van der Waals surface area contributed by atoms with Crippen molar-refractivity contribution in [1.82, 2.24) is 24.6 Å². The highest BCUT2D eigenvalue weighted by Crippen LogP contribution is 2.23. The number of rotatable bonds is 3. The van der Waals surface area contributed by atoms with Crippen molar-refractivity contribution in [1.29, 1.82) is 5.26 Å². The van der Waals surface area contributed by atoms with E-state index < -0.39 is 5.69 Å². The molecular weight excluding hydrogens is 370 g/mol. The zero-order valence-corrected chi connectivity index (χ0v) is 15.1. The van der Waals surface area contributed by atoms with Gasteiger partial charge in [0.2, 0.25) is 5.88 Å². The summed E-state index contributed by atoms with van der Waals surface area (Å²) in [4.78, 5) is 25.7. The molecule has 0 unspecified atom stereocenters. The molecule has 1 aliphatic rings. The monoisotopic (exact) mass is 385 g/mol. The molecule has 1 aromatic carbocycles. The van der Waals surface area contributed by atoms with Gasteiger partial charge in [-0.05, 0) is 31.1 Å². The Kier molecular flexibility index (Phi) is 3.77. The third-order valence-corrected chi connectivity index (χ3v) is 4.66. The van der Waals surface area contributed by atoms with Crippen LogP contribution in [0.25, 0.3) is 23.0 Å². The van der Waals surface area contributed by atoms with E-state index in [4.69, 9.17) is 9.98 Å². The highest BCUT2D eigenvalue weighted by molar-refractivity contribution is 5.64. The fourth-order valence-corrected chi connectivity index (χ4v) is 3.09. The molecule has 142 valence electrons. The van der Waals surface area contributed by atoms with Crippen LogP contribution in [-0.2, 0) is 0 Å². The van der Waals surface area contributed by atoms with Gasteiger partial charge < -0.3 is 10.1 Å². The summed E-state index contributed by atoms with van der Waals surface area (Å²) >= 11 is 0. The van der Waals surface area contributed by atoms with Crippen LogP contribution in [0.3, 0.4) is 0 Å². The van der Waals surface area contributed by atoms with E-state index in [2.05, 4.69) is 21.1 Å². The zero-order chi connectivity index (χ0) is 20.0. The van der Waals surface area contributed by atoms with Crippen LogP contribution in [0.1, 0.15) is 24.1 Å². The molecule has 0 radical (unpaired) electrons. The summed E-state index contributed by atoms with van der Waals surface area (Å²) in [5, 5.41) is 24.1. The van der Waals surface area contributed by atoms with Crippen molar-refractivity contribution in [3.63, 3.8) is 0 Å². The van der Waals surface area contributed by atoms with E-state index >= 15 is 0 Å². The largest absolute Gasteiger partial charge is 0.493 e. The number of imidazole rings is 1. The third kappa shape index (κ3) is 3.17. The van der Waals surface area contributed by atoms with Gasteiger partial charge in [-0.15, -0.1) is 0 Å². The molecule has 0 spiro atoms. The average molecular weight is 385 g/mol. The minimum atomic E-state index is -0.503. The number of hydrogen-bond acceptors (Lipinski definition) is 6. The lowest BCUT2D eigenvalue weighted by Gasteiger charge is -2.03. The Labute approximate surface area is 163 Å². The number of hydrogen-bond donors (Lipinski definition) is 3. The lowest BCUT2D eigenvalue weighted by atomic mass is 10.1. The zero-order valence-electron chi connectivity index (χ0n) is 15.1. The summed E-state index contributed by atoms with van der Waals surface area (Å²) in [6, 6.07) is 11.5. The molecule has 0 amide bonds. The molecular formula is C20H15N7O2. The van der Waals surface area contributed by atoms with E-state index in [1.54, 1.807) is 28.9 Å². The molecule has 0 atom stereocenters. The first kappa shape index (κ1) is 16.9. The van der Waals surface area contributed by atoms with Gasteiger partial charge in [0.1, 0.15) is 5.69 Å². The van der Waals surface area contributed by atoms with Crippen molar-refractivity contribution in [3.05, 3.63) is 69.0 Å². The van der Waals surface area contributed by atoms with Crippen molar-refractivity contribution in [2.24, 2.45) is 4.99 Å². The Morgan fingerprint density at radius 3 is 2.90 bits per heavy atom. The van der Waals surface area contributed by atoms with Gasteiger partial charge in [-0.25, -0.2) is 9.78 Å². The number of aromatic amines is 2. The maximum atomic E-state index is 11.4. The number of H-pyrrole nitrogens is 2. The van der Waals surface area contributed by atoms with Gasteiger partial charge in [0.25, 0.3) is 0 Å². The highest BCUT2D eigenvalue weighted by atomic mass is 16.3. The van der Waals surface area contributed by atoms with Crippen LogP contribution in [0.2, 0.25) is 0 Å². The Hall–Kier alpha value is -4.19. The number of aromatic nitrogens is 5. The van der Waals surface area contributed by atoms with Gasteiger partial charge in [-0.1, -0.05) is 12.1 Å². The Morgan fingerprint density at radius 2 is 2.17 bits per heavy atom. The van der Waals surface area contributed by atoms with E-state index in [0.29, 0.717) is 27.6 Å². The predicted octanol–water partition coefficient (Wildman–Crippen LogP) is 0.601. The summed E-state index contributed by atoms with van der Waals surface area (Å²) in [5.74, 6) is -0.255. The van der Waals surface area contributed by atoms with Crippen LogP contribution in [0, 0.1) is 11.3 Å². The Bertz CT molecular complexity index is 1470. The summed E-state index contributed by atoms with van der Waals surface area (Å²) in [6.07, 6.45) is 5.29. The van der Waals surface area contributed by atoms with Crippen LogP contribution >= 0.6 is 0 Å². The predicted molar refractivity (Wildman–Crippen MR) is 104 cm³/mol. The van der Waals surface area contributed by atoms with E-state index in [9.17, 15) is 15.2 Å². The van der Waals surface area contributed by atoms with E-state index in [-0.39, 0.29) is 17.6 Å². The molecule has 3 N–H and O–H groups in total. The molecule has 1 fully saturated rings. The van der Waals surface area contributed by atoms with Gasteiger partial charge in [-0.2, -0.15) is 14.9 Å². The number of nitrogens with one attached hydrogen (secondary N) is 2. The molecule has 3 aromatic heterocycles. The van der Waals surface area contributed by atoms with E-state index in [0.717, 1.165) is 18.4 Å². The Morgan fingerprint density at radius 1 is 1.31 bits per heavy atom. The van der Waals surface area contributed by atoms with E-state index in [1.807, 2.05) is 18.2 Å². The van der Waals surface area contributed by atoms with Crippen LogP contribution in [0.4, 0.5) is 0 Å². The SMILES string of the molecule is N#Cc1cccc(-c2cc(=NC3CC3)n3ncc(=Cc4[nH]c(=O)[nH]c4O)c3n2)c1. The molecule has 3 heterocycles. The molecule has 0 bridgehead atoms. The van der Waals surface area contributed by atoms with E-state index in [1.165, 1.54) is 0 Å². The number of aromatic hydroxyl groups is 1. The minimum Gasteiger partial charge on any atom is -0.493 e. The maximum Gasteiger partial charge on any atom is 0.326 e.